The standard InChI is InChI=1S/C36H24BrN/c37-34-19-8-6-17-31(34)27-21-22-33-32-18-7-9-20-35(32)38(36(33)24-27)28-14-10-13-26(23-28)30-16-5-4-15-29(30)25-11-2-1-3-12-25/h1-24H/i1D,2D,3D,11D,12D. The van der Waals surface area contributed by atoms with Crippen molar-refractivity contribution in [1.82, 2.24) is 4.57 Å². The van der Waals surface area contributed by atoms with Crippen LogP contribution >= 0.6 is 15.9 Å². The Balaban J connectivity index is 1.46. The molecule has 0 fully saturated rings. The van der Waals surface area contributed by atoms with Gasteiger partial charge in [0.05, 0.1) is 17.9 Å². The number of aromatic nitrogens is 1. The van der Waals surface area contributed by atoms with E-state index >= 15 is 0 Å². The number of hydrogen-bond donors (Lipinski definition) is 0. The summed E-state index contributed by atoms with van der Waals surface area (Å²) in [5, 5.41) is 2.30. The topological polar surface area (TPSA) is 4.93 Å². The molecule has 0 unspecified atom stereocenters. The van der Waals surface area contributed by atoms with Crippen molar-refractivity contribution in [2.75, 3.05) is 0 Å². The molecule has 1 heterocycles. The fourth-order valence-corrected chi connectivity index (χ4v) is 5.78. The lowest BCUT2D eigenvalue weighted by Crippen LogP contribution is -1.95. The Labute approximate surface area is 237 Å². The molecule has 0 saturated heterocycles. The summed E-state index contributed by atoms with van der Waals surface area (Å²) in [5.74, 6) is 0. The maximum atomic E-state index is 8.59. The Morgan fingerprint density at radius 2 is 1.16 bits per heavy atom. The molecule has 180 valence electrons. The van der Waals surface area contributed by atoms with Gasteiger partial charge in [0, 0.05) is 20.9 Å². The average Bonchev–Trinajstić information content (AvgIpc) is 3.37. The van der Waals surface area contributed by atoms with Crippen LogP contribution in [0.4, 0.5) is 0 Å². The minimum absolute atomic E-state index is 0.196. The lowest BCUT2D eigenvalue weighted by atomic mass is 9.94. The Morgan fingerprint density at radius 3 is 1.97 bits per heavy atom. The Bertz CT molecular complexity index is 2190. The maximum absolute atomic E-state index is 8.59. The number of halogens is 1. The summed E-state index contributed by atoms with van der Waals surface area (Å²) in [6.07, 6.45) is 0. The van der Waals surface area contributed by atoms with Crippen molar-refractivity contribution in [3.05, 3.63) is 150 Å². The van der Waals surface area contributed by atoms with Crippen LogP contribution in [0.3, 0.4) is 0 Å². The number of nitrogens with zero attached hydrogens (tertiary/aromatic N) is 1. The molecular weight excluding hydrogens is 526 g/mol. The third kappa shape index (κ3) is 3.86. The molecule has 0 bridgehead atoms. The van der Waals surface area contributed by atoms with Crippen LogP contribution in [0, 0.1) is 0 Å². The molecule has 7 rings (SSSR count). The van der Waals surface area contributed by atoms with E-state index in [1.165, 1.54) is 0 Å². The summed E-state index contributed by atoms with van der Waals surface area (Å²) in [6.45, 7) is 0. The van der Waals surface area contributed by atoms with Gasteiger partial charge in [0.25, 0.3) is 0 Å². The third-order valence-electron chi connectivity index (χ3n) is 6.97. The highest BCUT2D eigenvalue weighted by atomic mass is 79.9. The minimum Gasteiger partial charge on any atom is -0.309 e. The molecule has 0 spiro atoms. The van der Waals surface area contributed by atoms with Crippen molar-refractivity contribution >= 4 is 37.7 Å². The van der Waals surface area contributed by atoms with Gasteiger partial charge in [0.15, 0.2) is 0 Å². The molecule has 2 heteroatoms. The van der Waals surface area contributed by atoms with E-state index < -0.39 is 6.04 Å². The van der Waals surface area contributed by atoms with Crippen LogP contribution in [0.1, 0.15) is 6.85 Å². The second-order valence-electron chi connectivity index (χ2n) is 9.16. The lowest BCUT2D eigenvalue weighted by molar-refractivity contribution is 1.18. The van der Waals surface area contributed by atoms with Gasteiger partial charge in [-0.25, -0.2) is 0 Å². The number of benzene rings is 6. The highest BCUT2D eigenvalue weighted by Crippen LogP contribution is 2.38. The summed E-state index contributed by atoms with van der Waals surface area (Å²) >= 11 is 3.71. The quantitative estimate of drug-likeness (QED) is 0.204. The zero-order valence-electron chi connectivity index (χ0n) is 25.3. The molecule has 0 amide bonds. The predicted octanol–water partition coefficient (Wildman–Crippen LogP) is 10.5. The molecule has 1 aromatic heterocycles. The van der Waals surface area contributed by atoms with Gasteiger partial charge in [-0.15, -0.1) is 0 Å². The predicted molar refractivity (Wildman–Crippen MR) is 165 cm³/mol. The molecule has 0 aliphatic rings. The molecule has 1 nitrogen and oxygen atoms in total. The number of rotatable bonds is 4. The van der Waals surface area contributed by atoms with Gasteiger partial charge in [-0.05, 0) is 63.7 Å². The van der Waals surface area contributed by atoms with Crippen molar-refractivity contribution < 1.29 is 6.85 Å². The molecule has 0 N–H and O–H groups in total. The second kappa shape index (κ2) is 9.48. The fourth-order valence-electron chi connectivity index (χ4n) is 5.26. The number of para-hydroxylation sites is 1. The van der Waals surface area contributed by atoms with Crippen molar-refractivity contribution in [3.63, 3.8) is 0 Å². The van der Waals surface area contributed by atoms with Crippen LogP contribution < -0.4 is 0 Å². The summed E-state index contributed by atoms with van der Waals surface area (Å²) in [6, 6.07) is 37.3. The van der Waals surface area contributed by atoms with Crippen molar-refractivity contribution in [3.8, 4) is 39.1 Å². The molecule has 6 aromatic carbocycles. The first-order valence-corrected chi connectivity index (χ1v) is 13.2. The van der Waals surface area contributed by atoms with Crippen LogP contribution in [-0.4, -0.2) is 4.57 Å². The Hall–Kier alpha value is -4.40. The summed E-state index contributed by atoms with van der Waals surface area (Å²) in [7, 11) is 0. The first-order chi connectivity index (χ1) is 20.8. The minimum atomic E-state index is -0.397. The monoisotopic (exact) mass is 554 g/mol. The average molecular weight is 556 g/mol. The second-order valence-corrected chi connectivity index (χ2v) is 10.0. The highest BCUT2D eigenvalue weighted by molar-refractivity contribution is 9.10. The van der Waals surface area contributed by atoms with Crippen LogP contribution in [0.25, 0.3) is 60.9 Å². The summed E-state index contributed by atoms with van der Waals surface area (Å²) < 4.78 is 45.0. The van der Waals surface area contributed by atoms with Crippen LogP contribution in [0.5, 0.6) is 0 Å². The van der Waals surface area contributed by atoms with Gasteiger partial charge >= 0.3 is 0 Å². The van der Waals surface area contributed by atoms with E-state index in [0.29, 0.717) is 5.56 Å². The Kier molecular flexibility index (Phi) is 4.48. The van der Waals surface area contributed by atoms with Gasteiger partial charge in [0.1, 0.15) is 0 Å². The molecule has 0 aliphatic heterocycles. The largest absolute Gasteiger partial charge is 0.309 e. The van der Waals surface area contributed by atoms with E-state index in [9.17, 15) is 0 Å². The van der Waals surface area contributed by atoms with Crippen molar-refractivity contribution in [1.29, 1.82) is 0 Å². The van der Waals surface area contributed by atoms with E-state index in [2.05, 4.69) is 75.1 Å². The molecule has 0 aliphatic carbocycles. The maximum Gasteiger partial charge on any atom is 0.0629 e. The smallest absolute Gasteiger partial charge is 0.0629 e. The molecule has 0 saturated carbocycles. The van der Waals surface area contributed by atoms with Gasteiger partial charge < -0.3 is 4.57 Å². The number of fused-ring (bicyclic) bond motifs is 3. The summed E-state index contributed by atoms with van der Waals surface area (Å²) in [4.78, 5) is 0. The van der Waals surface area contributed by atoms with Gasteiger partial charge in [-0.1, -0.05) is 131 Å². The first kappa shape index (κ1) is 18.0. The lowest BCUT2D eigenvalue weighted by Gasteiger charge is -2.14. The van der Waals surface area contributed by atoms with E-state index in [1.54, 1.807) is 0 Å². The van der Waals surface area contributed by atoms with Crippen molar-refractivity contribution in [2.24, 2.45) is 0 Å². The van der Waals surface area contributed by atoms with E-state index in [-0.39, 0.29) is 29.7 Å². The zero-order chi connectivity index (χ0) is 29.8. The van der Waals surface area contributed by atoms with Gasteiger partial charge in [-0.3, -0.25) is 0 Å². The van der Waals surface area contributed by atoms with Gasteiger partial charge in [0.2, 0.25) is 0 Å². The number of hydrogen-bond acceptors (Lipinski definition) is 0. The Morgan fingerprint density at radius 1 is 0.500 bits per heavy atom. The van der Waals surface area contributed by atoms with E-state index in [0.717, 1.165) is 54.2 Å². The van der Waals surface area contributed by atoms with Crippen molar-refractivity contribution in [2.45, 2.75) is 0 Å². The molecule has 7 aromatic rings. The molecule has 38 heavy (non-hydrogen) atoms. The summed E-state index contributed by atoms with van der Waals surface area (Å²) in [5.41, 5.74) is 7.80. The van der Waals surface area contributed by atoms with E-state index in [1.807, 2.05) is 60.7 Å². The van der Waals surface area contributed by atoms with Crippen LogP contribution in [0.15, 0.2) is 150 Å². The van der Waals surface area contributed by atoms with E-state index in [4.69, 9.17) is 6.85 Å². The van der Waals surface area contributed by atoms with Crippen LogP contribution in [0.2, 0.25) is 0 Å². The molecule has 0 atom stereocenters. The normalized spacial score (nSPS) is 13.1. The zero-order valence-corrected chi connectivity index (χ0v) is 21.9. The first-order valence-electron chi connectivity index (χ1n) is 14.9. The third-order valence-corrected chi connectivity index (χ3v) is 7.66. The molecular formula is C36H24BrN. The SMILES string of the molecule is [2H]c1c([2H])c([2H])c(-c2ccccc2-c2cccc(-n3c4ccccc4c4ccc(-c5ccccc5Br)cc43)c2)c([2H])c1[2H]. The highest BCUT2D eigenvalue weighted by Gasteiger charge is 2.15. The molecule has 0 radical (unpaired) electrons. The fraction of sp³-hybridized carbons (Fsp3) is 0. The van der Waals surface area contributed by atoms with Crippen LogP contribution in [-0.2, 0) is 0 Å². The van der Waals surface area contributed by atoms with Gasteiger partial charge in [-0.2, -0.15) is 0 Å².